The van der Waals surface area contributed by atoms with E-state index in [0.29, 0.717) is 53.2 Å². The summed E-state index contributed by atoms with van der Waals surface area (Å²) >= 11 is 0. The van der Waals surface area contributed by atoms with Crippen molar-refractivity contribution < 1.29 is 19.4 Å². The molecule has 5 N–H and O–H groups in total. The number of hydrogen-bond donors (Lipinski definition) is 4. The van der Waals surface area contributed by atoms with Crippen LogP contribution in [0.25, 0.3) is 16.6 Å². The maximum Gasteiger partial charge on any atom is 0.254 e. The molecule has 0 aliphatic carbocycles. The van der Waals surface area contributed by atoms with Crippen molar-refractivity contribution in [1.29, 1.82) is 0 Å². The van der Waals surface area contributed by atoms with Gasteiger partial charge in [-0.05, 0) is 81.4 Å². The fraction of sp³-hybridized carbons (Fsp3) is 0.387. The zero-order chi connectivity index (χ0) is 28.9. The zero-order valence-electron chi connectivity index (χ0n) is 23.7. The first-order chi connectivity index (χ1) is 19.9. The molecule has 3 heterocycles. The van der Waals surface area contributed by atoms with Gasteiger partial charge in [0.2, 0.25) is 0 Å². The Morgan fingerprint density at radius 2 is 2.02 bits per heavy atom. The summed E-state index contributed by atoms with van der Waals surface area (Å²) in [6, 6.07) is 9.60. The maximum atomic E-state index is 13.1. The third kappa shape index (κ3) is 6.44. The number of nitrogens with two attached hydrogens (primary N) is 1. The van der Waals surface area contributed by atoms with Crippen molar-refractivity contribution in [3.8, 4) is 5.75 Å². The minimum absolute atomic E-state index is 0.0221. The standard InChI is InChI=1S/C31H38N6O4/c1-20-5-6-29(21(2)13-20)41-19-23(39)16-33-26(7-8-32)25(18-38)30-34-27-14-22-17-37(12-11-36-9-3-4-10-36)31(40)24(22)15-28(27)35-30/h5-8,13-15,18,23,33,39H,3-4,9-12,16-17,19,32H2,1-2H3,(H,34,35)/b8-7-,26-25-/t23-/m1/s1. The third-order valence-corrected chi connectivity index (χ3v) is 7.69. The first-order valence-electron chi connectivity index (χ1n) is 14.1. The van der Waals surface area contributed by atoms with Gasteiger partial charge in [-0.2, -0.15) is 0 Å². The summed E-state index contributed by atoms with van der Waals surface area (Å²) in [7, 11) is 0. The number of carbonyl (C=O) groups is 2. The maximum absolute atomic E-state index is 13.1. The van der Waals surface area contributed by atoms with Gasteiger partial charge < -0.3 is 35.7 Å². The predicted octanol–water partition coefficient (Wildman–Crippen LogP) is 2.64. The van der Waals surface area contributed by atoms with Crippen LogP contribution in [0.1, 0.15) is 45.7 Å². The summed E-state index contributed by atoms with van der Waals surface area (Å²) in [5.41, 5.74) is 11.4. The van der Waals surface area contributed by atoms with Gasteiger partial charge in [0.05, 0.1) is 16.6 Å². The van der Waals surface area contributed by atoms with Crippen LogP contribution in [0, 0.1) is 13.8 Å². The van der Waals surface area contributed by atoms with Gasteiger partial charge in [-0.1, -0.05) is 17.7 Å². The van der Waals surface area contributed by atoms with Gasteiger partial charge in [0, 0.05) is 37.4 Å². The van der Waals surface area contributed by atoms with Crippen molar-refractivity contribution in [3.63, 3.8) is 0 Å². The lowest BCUT2D eigenvalue weighted by Crippen LogP contribution is -2.33. The Morgan fingerprint density at radius 3 is 2.76 bits per heavy atom. The minimum Gasteiger partial charge on any atom is -0.491 e. The van der Waals surface area contributed by atoms with E-state index in [2.05, 4.69) is 20.2 Å². The minimum atomic E-state index is -0.845. The number of rotatable bonds is 12. The summed E-state index contributed by atoms with van der Waals surface area (Å²) in [5, 5.41) is 13.6. The highest BCUT2D eigenvalue weighted by molar-refractivity contribution is 6.08. The molecule has 216 valence electrons. The van der Waals surface area contributed by atoms with E-state index in [0.717, 1.165) is 36.3 Å². The van der Waals surface area contributed by atoms with E-state index in [4.69, 9.17) is 10.5 Å². The van der Waals surface area contributed by atoms with Crippen molar-refractivity contribution in [2.24, 2.45) is 5.73 Å². The third-order valence-electron chi connectivity index (χ3n) is 7.69. The summed E-state index contributed by atoms with van der Waals surface area (Å²) < 4.78 is 5.78. The number of likely N-dealkylation sites (tertiary alicyclic amines) is 1. The topological polar surface area (TPSA) is 137 Å². The van der Waals surface area contributed by atoms with Gasteiger partial charge in [-0.25, -0.2) is 4.98 Å². The van der Waals surface area contributed by atoms with Gasteiger partial charge in [-0.3, -0.25) is 9.59 Å². The van der Waals surface area contributed by atoms with Gasteiger partial charge >= 0.3 is 0 Å². The lowest BCUT2D eigenvalue weighted by molar-refractivity contribution is -0.103. The number of allylic oxidation sites excluding steroid dienone is 2. The molecule has 0 saturated carbocycles. The highest BCUT2D eigenvalue weighted by atomic mass is 16.5. The molecular weight excluding hydrogens is 520 g/mol. The molecule has 1 atom stereocenters. The number of benzene rings is 2. The second kappa shape index (κ2) is 12.6. The average Bonchev–Trinajstić information content (AvgIpc) is 3.68. The largest absolute Gasteiger partial charge is 0.491 e. The van der Waals surface area contributed by atoms with Crippen LogP contribution < -0.4 is 15.8 Å². The number of aromatic amines is 1. The molecule has 0 radical (unpaired) electrons. The average molecular weight is 559 g/mol. The van der Waals surface area contributed by atoms with Crippen LogP contribution in [-0.4, -0.2) is 82.5 Å². The molecule has 2 aromatic carbocycles. The number of aldehydes is 1. The highest BCUT2D eigenvalue weighted by Crippen LogP contribution is 2.28. The van der Waals surface area contributed by atoms with Crippen molar-refractivity contribution in [1.82, 2.24) is 25.1 Å². The normalized spacial score (nSPS) is 16.9. The number of aromatic nitrogens is 2. The Labute approximate surface area is 239 Å². The summed E-state index contributed by atoms with van der Waals surface area (Å²) in [5.74, 6) is 1.08. The van der Waals surface area contributed by atoms with Crippen molar-refractivity contribution in [2.45, 2.75) is 39.3 Å². The molecule has 1 amide bonds. The van der Waals surface area contributed by atoms with E-state index < -0.39 is 6.10 Å². The van der Waals surface area contributed by atoms with Crippen LogP contribution in [0.3, 0.4) is 0 Å². The van der Waals surface area contributed by atoms with Gasteiger partial charge in [-0.15, -0.1) is 0 Å². The van der Waals surface area contributed by atoms with Crippen LogP contribution in [0.2, 0.25) is 0 Å². The Balaban J connectivity index is 1.28. The molecule has 0 bridgehead atoms. The number of aliphatic hydroxyl groups excluding tert-OH is 1. The van der Waals surface area contributed by atoms with Crippen LogP contribution in [0.15, 0.2) is 48.3 Å². The van der Waals surface area contributed by atoms with E-state index >= 15 is 0 Å². The zero-order valence-corrected chi connectivity index (χ0v) is 23.7. The molecular formula is C31H38N6O4. The molecule has 2 aliphatic rings. The number of amides is 1. The number of fused-ring (bicyclic) bond motifs is 2. The fourth-order valence-electron chi connectivity index (χ4n) is 5.48. The van der Waals surface area contributed by atoms with Crippen molar-refractivity contribution in [3.05, 3.63) is 76.4 Å². The number of hydrogen-bond acceptors (Lipinski definition) is 8. The molecule has 0 unspecified atom stereocenters. The van der Waals surface area contributed by atoms with E-state index in [1.165, 1.54) is 19.0 Å². The number of nitrogens with zero attached hydrogens (tertiary/aromatic N) is 3. The van der Waals surface area contributed by atoms with Gasteiger partial charge in [0.15, 0.2) is 6.29 Å². The SMILES string of the molecule is Cc1ccc(OC[C@H](O)CNC(/C=C\N)=C(/C=O)c2nc3cc4c(cc3[nH]2)C(=O)N(CCN2CCCC2)C4)c(C)c1. The van der Waals surface area contributed by atoms with Crippen molar-refractivity contribution in [2.75, 3.05) is 39.3 Å². The number of carbonyl (C=O) groups excluding carboxylic acids is 2. The van der Waals surface area contributed by atoms with Crippen LogP contribution in [-0.2, 0) is 11.3 Å². The van der Waals surface area contributed by atoms with E-state index in [-0.39, 0.29) is 24.6 Å². The lowest BCUT2D eigenvalue weighted by Gasteiger charge is -2.20. The molecule has 41 heavy (non-hydrogen) atoms. The highest BCUT2D eigenvalue weighted by Gasteiger charge is 2.29. The molecule has 2 aliphatic heterocycles. The molecule has 1 aromatic heterocycles. The summed E-state index contributed by atoms with van der Waals surface area (Å²) in [4.78, 5) is 37.5. The van der Waals surface area contributed by atoms with Crippen molar-refractivity contribution >= 4 is 28.8 Å². The predicted molar refractivity (Wildman–Crippen MR) is 158 cm³/mol. The van der Waals surface area contributed by atoms with E-state index in [1.54, 1.807) is 6.08 Å². The molecule has 10 heteroatoms. The first kappa shape index (κ1) is 28.4. The van der Waals surface area contributed by atoms with Crippen LogP contribution in [0.5, 0.6) is 5.75 Å². The number of aliphatic hydroxyl groups is 1. The lowest BCUT2D eigenvalue weighted by atomic mass is 10.1. The Morgan fingerprint density at radius 1 is 1.22 bits per heavy atom. The Bertz CT molecular complexity index is 1490. The second-order valence-electron chi connectivity index (χ2n) is 10.8. The number of imidazole rings is 1. The first-order valence-corrected chi connectivity index (χ1v) is 14.1. The molecule has 1 fully saturated rings. The summed E-state index contributed by atoms with van der Waals surface area (Å²) in [6.45, 7) is 8.54. The Kier molecular flexibility index (Phi) is 8.70. The number of ether oxygens (including phenoxy) is 1. The van der Waals surface area contributed by atoms with Crippen LogP contribution in [0.4, 0.5) is 0 Å². The summed E-state index contributed by atoms with van der Waals surface area (Å²) in [6.07, 6.45) is 5.17. The number of H-pyrrole nitrogens is 1. The smallest absolute Gasteiger partial charge is 0.254 e. The van der Waals surface area contributed by atoms with E-state index in [9.17, 15) is 14.7 Å². The molecule has 10 nitrogen and oxygen atoms in total. The quantitative estimate of drug-likeness (QED) is 0.151. The number of aryl methyl sites for hydroxylation is 2. The van der Waals surface area contributed by atoms with Crippen LogP contribution >= 0.6 is 0 Å². The molecule has 0 spiro atoms. The van der Waals surface area contributed by atoms with Gasteiger partial charge in [0.1, 0.15) is 24.3 Å². The molecule has 1 saturated heterocycles. The monoisotopic (exact) mass is 558 g/mol. The van der Waals surface area contributed by atoms with E-state index in [1.807, 2.05) is 49.1 Å². The second-order valence-corrected chi connectivity index (χ2v) is 10.8. The molecule has 5 rings (SSSR count). The fourth-order valence-corrected chi connectivity index (χ4v) is 5.48. The number of nitrogens with one attached hydrogen (secondary N) is 2. The Hall–Kier alpha value is -4.15. The van der Waals surface area contributed by atoms with Gasteiger partial charge in [0.25, 0.3) is 5.91 Å². The molecule has 3 aromatic rings.